The summed E-state index contributed by atoms with van der Waals surface area (Å²) in [5.74, 6) is -0.127. The molecule has 118 valence electrons. The number of allylic oxidation sites excluding steroid dienone is 1. The Morgan fingerprint density at radius 1 is 1.04 bits per heavy atom. The number of fused-ring (bicyclic) bond motifs is 2. The van der Waals surface area contributed by atoms with Crippen LogP contribution in [0.1, 0.15) is 24.0 Å². The first-order chi connectivity index (χ1) is 11.7. The van der Waals surface area contributed by atoms with E-state index in [0.717, 1.165) is 5.56 Å². The number of carbonyl (C=O) groups is 1. The molecule has 0 saturated carbocycles. The molecule has 4 rings (SSSR count). The van der Waals surface area contributed by atoms with Gasteiger partial charge in [0.2, 0.25) is 11.8 Å². The number of para-hydroxylation sites is 1. The Balaban J connectivity index is 2.05. The molecule has 4 heteroatoms. The van der Waals surface area contributed by atoms with Gasteiger partial charge in [-0.3, -0.25) is 14.5 Å². The van der Waals surface area contributed by atoms with Crippen molar-refractivity contribution in [3.63, 3.8) is 0 Å². The Morgan fingerprint density at radius 3 is 2.50 bits per heavy atom. The van der Waals surface area contributed by atoms with Crippen LogP contribution < -0.4 is 10.3 Å². The second-order valence-corrected chi connectivity index (χ2v) is 5.77. The lowest BCUT2D eigenvalue weighted by Crippen LogP contribution is -2.30. The zero-order chi connectivity index (χ0) is 16.7. The first-order valence-electron chi connectivity index (χ1n) is 7.75. The van der Waals surface area contributed by atoms with Gasteiger partial charge in [0.25, 0.3) is 0 Å². The number of rotatable bonds is 1. The van der Waals surface area contributed by atoms with Crippen molar-refractivity contribution in [1.82, 2.24) is 0 Å². The average molecular weight is 317 g/mol. The van der Waals surface area contributed by atoms with Gasteiger partial charge in [0, 0.05) is 19.0 Å². The second-order valence-electron chi connectivity index (χ2n) is 5.77. The Bertz CT molecular complexity index is 1020. The third-order valence-electron chi connectivity index (χ3n) is 4.27. The van der Waals surface area contributed by atoms with Gasteiger partial charge in [-0.05, 0) is 17.7 Å². The van der Waals surface area contributed by atoms with Crippen LogP contribution in [-0.4, -0.2) is 5.91 Å². The summed E-state index contributed by atoms with van der Waals surface area (Å²) in [6, 6.07) is 16.8. The van der Waals surface area contributed by atoms with Crippen LogP contribution in [0.25, 0.3) is 11.0 Å². The van der Waals surface area contributed by atoms with E-state index >= 15 is 0 Å². The van der Waals surface area contributed by atoms with E-state index in [4.69, 9.17) is 4.42 Å². The maximum absolute atomic E-state index is 13.1. The Hall–Kier alpha value is -3.14. The summed E-state index contributed by atoms with van der Waals surface area (Å²) in [5, 5.41) is 0.524. The standard InChI is InChI=1S/C20H15NO3/c1-13(22)21-12-11-15(14-7-3-2-4-8-14)18-19(23)16-9-5-6-10-17(16)24-20(18)21/h2-12,15H,1H3. The molecule has 1 unspecified atom stereocenters. The molecule has 0 aliphatic carbocycles. The van der Waals surface area contributed by atoms with Gasteiger partial charge in [-0.25, -0.2) is 0 Å². The molecular formula is C20H15NO3. The van der Waals surface area contributed by atoms with Crippen LogP contribution in [-0.2, 0) is 4.79 Å². The lowest BCUT2D eigenvalue weighted by molar-refractivity contribution is -0.116. The predicted molar refractivity (Wildman–Crippen MR) is 93.1 cm³/mol. The summed E-state index contributed by atoms with van der Waals surface area (Å²) in [6.45, 7) is 1.45. The highest BCUT2D eigenvalue weighted by atomic mass is 16.4. The quantitative estimate of drug-likeness (QED) is 0.686. The number of benzene rings is 2. The Labute approximate surface area is 138 Å². The molecule has 0 radical (unpaired) electrons. The topological polar surface area (TPSA) is 50.5 Å². The minimum absolute atomic E-state index is 0.101. The summed E-state index contributed by atoms with van der Waals surface area (Å²) in [7, 11) is 0. The summed E-state index contributed by atoms with van der Waals surface area (Å²) >= 11 is 0. The van der Waals surface area contributed by atoms with Crippen LogP contribution in [0.15, 0.2) is 76.1 Å². The van der Waals surface area contributed by atoms with Crippen LogP contribution in [0.2, 0.25) is 0 Å². The Kier molecular flexibility index (Phi) is 3.31. The van der Waals surface area contributed by atoms with Crippen molar-refractivity contribution in [2.24, 2.45) is 0 Å². The first-order valence-corrected chi connectivity index (χ1v) is 7.75. The molecule has 1 amide bonds. The van der Waals surface area contributed by atoms with Crippen LogP contribution in [0.3, 0.4) is 0 Å². The van der Waals surface area contributed by atoms with E-state index in [0.29, 0.717) is 22.4 Å². The summed E-state index contributed by atoms with van der Waals surface area (Å²) in [5.41, 5.74) is 1.87. The third-order valence-corrected chi connectivity index (χ3v) is 4.27. The monoisotopic (exact) mass is 317 g/mol. The summed E-state index contributed by atoms with van der Waals surface area (Å²) in [4.78, 5) is 26.4. The van der Waals surface area contributed by atoms with Crippen molar-refractivity contribution in [3.8, 4) is 0 Å². The number of amides is 1. The molecule has 1 atom stereocenters. The zero-order valence-electron chi connectivity index (χ0n) is 13.1. The number of nitrogens with zero attached hydrogens (tertiary/aromatic N) is 1. The molecule has 2 heterocycles. The second kappa shape index (κ2) is 5.49. The lowest BCUT2D eigenvalue weighted by atomic mass is 9.89. The van der Waals surface area contributed by atoms with Crippen molar-refractivity contribution in [2.75, 3.05) is 4.90 Å². The highest BCUT2D eigenvalue weighted by Crippen LogP contribution is 2.37. The van der Waals surface area contributed by atoms with E-state index in [-0.39, 0.29) is 17.3 Å². The lowest BCUT2D eigenvalue weighted by Gasteiger charge is -2.26. The molecule has 4 nitrogen and oxygen atoms in total. The van der Waals surface area contributed by atoms with Gasteiger partial charge in [-0.2, -0.15) is 0 Å². The number of hydrogen-bond donors (Lipinski definition) is 0. The number of anilines is 1. The minimum atomic E-state index is -0.238. The SMILES string of the molecule is CC(=O)N1C=CC(c2ccccc2)c2c1oc1ccccc1c2=O. The molecule has 0 N–H and O–H groups in total. The van der Waals surface area contributed by atoms with Gasteiger partial charge < -0.3 is 4.42 Å². The predicted octanol–water partition coefficient (Wildman–Crippen LogP) is 3.81. The first kappa shape index (κ1) is 14.5. The van der Waals surface area contributed by atoms with Crippen molar-refractivity contribution < 1.29 is 9.21 Å². The van der Waals surface area contributed by atoms with E-state index in [1.165, 1.54) is 11.8 Å². The van der Waals surface area contributed by atoms with Gasteiger partial charge in [-0.1, -0.05) is 48.5 Å². The molecular weight excluding hydrogens is 302 g/mol. The smallest absolute Gasteiger partial charge is 0.230 e. The van der Waals surface area contributed by atoms with E-state index in [1.807, 2.05) is 48.5 Å². The van der Waals surface area contributed by atoms with Crippen molar-refractivity contribution in [2.45, 2.75) is 12.8 Å². The third kappa shape index (κ3) is 2.15. The molecule has 24 heavy (non-hydrogen) atoms. The fourth-order valence-corrected chi connectivity index (χ4v) is 3.12. The molecule has 0 fully saturated rings. The maximum Gasteiger partial charge on any atom is 0.230 e. The fourth-order valence-electron chi connectivity index (χ4n) is 3.12. The number of hydrogen-bond acceptors (Lipinski definition) is 3. The molecule has 1 aliphatic rings. The summed E-state index contributed by atoms with van der Waals surface area (Å²) in [6.07, 6.45) is 3.55. The van der Waals surface area contributed by atoms with E-state index in [9.17, 15) is 9.59 Å². The largest absolute Gasteiger partial charge is 0.439 e. The molecule has 0 bridgehead atoms. The van der Waals surface area contributed by atoms with E-state index < -0.39 is 0 Å². The number of carbonyl (C=O) groups excluding carboxylic acids is 1. The van der Waals surface area contributed by atoms with Crippen LogP contribution in [0.4, 0.5) is 5.88 Å². The van der Waals surface area contributed by atoms with Crippen molar-refractivity contribution in [3.05, 3.63) is 88.2 Å². The van der Waals surface area contributed by atoms with Crippen molar-refractivity contribution in [1.29, 1.82) is 0 Å². The van der Waals surface area contributed by atoms with Crippen molar-refractivity contribution >= 4 is 22.8 Å². The highest BCUT2D eigenvalue weighted by molar-refractivity contribution is 5.95. The average Bonchev–Trinajstić information content (AvgIpc) is 2.61. The normalized spacial score (nSPS) is 16.2. The van der Waals surface area contributed by atoms with E-state index in [2.05, 4.69) is 0 Å². The molecule has 1 aromatic heterocycles. The highest BCUT2D eigenvalue weighted by Gasteiger charge is 2.30. The molecule has 2 aromatic carbocycles. The minimum Gasteiger partial charge on any atom is -0.439 e. The van der Waals surface area contributed by atoms with Gasteiger partial charge in [0.05, 0.1) is 10.9 Å². The van der Waals surface area contributed by atoms with Crippen LogP contribution in [0.5, 0.6) is 0 Å². The maximum atomic E-state index is 13.1. The fraction of sp³-hybridized carbons (Fsp3) is 0.100. The molecule has 1 aliphatic heterocycles. The van der Waals surface area contributed by atoms with Crippen LogP contribution in [0, 0.1) is 0 Å². The Morgan fingerprint density at radius 2 is 1.75 bits per heavy atom. The van der Waals surface area contributed by atoms with E-state index in [1.54, 1.807) is 18.3 Å². The van der Waals surface area contributed by atoms with Gasteiger partial charge >= 0.3 is 0 Å². The van der Waals surface area contributed by atoms with Gasteiger partial charge in [0.1, 0.15) is 5.58 Å². The molecule has 0 saturated heterocycles. The van der Waals surface area contributed by atoms with Gasteiger partial charge in [0.15, 0.2) is 5.43 Å². The zero-order valence-corrected chi connectivity index (χ0v) is 13.1. The molecule has 3 aromatic rings. The van der Waals surface area contributed by atoms with Crippen LogP contribution >= 0.6 is 0 Å². The van der Waals surface area contributed by atoms with Gasteiger partial charge in [-0.15, -0.1) is 0 Å². The summed E-state index contributed by atoms with van der Waals surface area (Å²) < 4.78 is 5.94. The molecule has 0 spiro atoms.